The first-order chi connectivity index (χ1) is 14.1. The molecule has 9 heteroatoms. The van der Waals surface area contributed by atoms with Crippen molar-refractivity contribution in [2.24, 2.45) is 11.3 Å². The molecule has 0 unspecified atom stereocenters. The molecule has 2 aromatic rings. The standard InChI is InChI=1S/C21H20F3NO4S/c1-20-8-6-15(12-26)19(29-30(27,28)21(22,23)24)18(20)5-4-17(20)14-3-2-13-7-9-25-11-16(13)10-14/h2-3,7,9-12,17-18H,4-6,8H2,1H3/t17-,18+,20-/m1/s1. The first-order valence-corrected chi connectivity index (χ1v) is 11.0. The molecule has 30 heavy (non-hydrogen) atoms. The smallest absolute Gasteiger partial charge is 0.380 e. The third kappa shape index (κ3) is 3.29. The van der Waals surface area contributed by atoms with Crippen molar-refractivity contribution in [1.82, 2.24) is 4.98 Å². The van der Waals surface area contributed by atoms with E-state index in [1.807, 2.05) is 31.2 Å². The van der Waals surface area contributed by atoms with Gasteiger partial charge in [0, 0.05) is 29.3 Å². The number of halogens is 3. The van der Waals surface area contributed by atoms with Crippen LogP contribution in [0.2, 0.25) is 0 Å². The van der Waals surface area contributed by atoms with Gasteiger partial charge in [-0.25, -0.2) is 0 Å². The molecule has 5 nitrogen and oxygen atoms in total. The lowest BCUT2D eigenvalue weighted by molar-refractivity contribution is -0.105. The van der Waals surface area contributed by atoms with Gasteiger partial charge >= 0.3 is 15.6 Å². The molecule has 2 aliphatic carbocycles. The Morgan fingerprint density at radius 1 is 1.17 bits per heavy atom. The van der Waals surface area contributed by atoms with Gasteiger partial charge in [0.15, 0.2) is 0 Å². The topological polar surface area (TPSA) is 73.3 Å². The average Bonchev–Trinajstić information content (AvgIpc) is 3.04. The van der Waals surface area contributed by atoms with Gasteiger partial charge < -0.3 is 4.18 Å². The second-order valence-electron chi connectivity index (χ2n) is 8.16. The molecular formula is C21H20F3NO4S. The van der Waals surface area contributed by atoms with Crippen LogP contribution in [0.1, 0.15) is 44.1 Å². The van der Waals surface area contributed by atoms with Crippen molar-refractivity contribution < 1.29 is 30.6 Å². The van der Waals surface area contributed by atoms with Crippen molar-refractivity contribution in [2.45, 2.75) is 44.0 Å². The van der Waals surface area contributed by atoms with E-state index in [4.69, 9.17) is 0 Å². The highest BCUT2D eigenvalue weighted by molar-refractivity contribution is 7.87. The summed E-state index contributed by atoms with van der Waals surface area (Å²) in [6.07, 6.45) is 5.68. The number of pyridine rings is 1. The van der Waals surface area contributed by atoms with E-state index in [2.05, 4.69) is 9.17 Å². The number of fused-ring (bicyclic) bond motifs is 2. The monoisotopic (exact) mass is 439 g/mol. The Hall–Kier alpha value is -2.42. The second kappa shape index (κ2) is 7.08. The van der Waals surface area contributed by atoms with E-state index in [9.17, 15) is 26.4 Å². The molecule has 4 rings (SSSR count). The molecule has 0 aliphatic heterocycles. The fourth-order valence-electron chi connectivity index (χ4n) is 5.03. The predicted molar refractivity (Wildman–Crippen MR) is 104 cm³/mol. The predicted octanol–water partition coefficient (Wildman–Crippen LogP) is 4.85. The minimum absolute atomic E-state index is 0.00587. The van der Waals surface area contributed by atoms with Crippen LogP contribution in [0, 0.1) is 11.3 Å². The van der Waals surface area contributed by atoms with E-state index in [-0.39, 0.29) is 23.7 Å². The Bertz CT molecular complexity index is 1140. The minimum Gasteiger partial charge on any atom is -0.380 e. The lowest BCUT2D eigenvalue weighted by Gasteiger charge is -2.41. The highest BCUT2D eigenvalue weighted by Crippen LogP contribution is 2.61. The van der Waals surface area contributed by atoms with Crippen LogP contribution < -0.4 is 0 Å². The van der Waals surface area contributed by atoms with Gasteiger partial charge in [0.2, 0.25) is 0 Å². The van der Waals surface area contributed by atoms with Crippen LogP contribution in [0.3, 0.4) is 0 Å². The van der Waals surface area contributed by atoms with Crippen molar-refractivity contribution in [1.29, 1.82) is 0 Å². The van der Waals surface area contributed by atoms with Crippen molar-refractivity contribution in [3.05, 3.63) is 53.6 Å². The summed E-state index contributed by atoms with van der Waals surface area (Å²) in [7, 11) is -5.84. The number of carbonyl (C=O) groups is 1. The van der Waals surface area contributed by atoms with E-state index in [1.54, 1.807) is 12.4 Å². The number of hydrogen-bond acceptors (Lipinski definition) is 5. The van der Waals surface area contributed by atoms with Crippen LogP contribution in [0.5, 0.6) is 0 Å². The third-order valence-electron chi connectivity index (χ3n) is 6.59. The molecule has 0 radical (unpaired) electrons. The number of aldehydes is 1. The molecular weight excluding hydrogens is 419 g/mol. The number of nitrogens with zero attached hydrogens (tertiary/aromatic N) is 1. The second-order valence-corrected chi connectivity index (χ2v) is 9.70. The maximum atomic E-state index is 12.9. The molecule has 2 aliphatic rings. The van der Waals surface area contributed by atoms with Crippen LogP contribution in [0.25, 0.3) is 10.8 Å². The summed E-state index contributed by atoms with van der Waals surface area (Å²) in [5.74, 6) is -0.938. The van der Waals surface area contributed by atoms with Crippen molar-refractivity contribution in [3.63, 3.8) is 0 Å². The molecule has 1 saturated carbocycles. The van der Waals surface area contributed by atoms with E-state index in [0.717, 1.165) is 16.3 Å². The number of alkyl halides is 3. The average molecular weight is 439 g/mol. The van der Waals surface area contributed by atoms with Gasteiger partial charge in [-0.05, 0) is 60.1 Å². The third-order valence-corrected chi connectivity index (χ3v) is 7.56. The Morgan fingerprint density at radius 3 is 2.60 bits per heavy atom. The van der Waals surface area contributed by atoms with Crippen LogP contribution >= 0.6 is 0 Å². The molecule has 1 fully saturated rings. The van der Waals surface area contributed by atoms with Crippen molar-refractivity contribution >= 4 is 27.2 Å². The zero-order valence-electron chi connectivity index (χ0n) is 16.1. The molecule has 1 aromatic carbocycles. The molecule has 0 spiro atoms. The summed E-state index contributed by atoms with van der Waals surface area (Å²) in [4.78, 5) is 15.6. The van der Waals surface area contributed by atoms with Gasteiger partial charge in [0.05, 0.1) is 0 Å². The van der Waals surface area contributed by atoms with Gasteiger partial charge in [-0.3, -0.25) is 9.78 Å². The maximum absolute atomic E-state index is 12.9. The number of carbonyl (C=O) groups excluding carboxylic acids is 1. The Morgan fingerprint density at radius 2 is 1.90 bits per heavy atom. The first kappa shape index (κ1) is 20.8. The molecule has 0 N–H and O–H groups in total. The van der Waals surface area contributed by atoms with Gasteiger partial charge in [0.1, 0.15) is 12.0 Å². The van der Waals surface area contributed by atoms with E-state index in [0.29, 0.717) is 25.5 Å². The molecule has 0 bridgehead atoms. The lowest BCUT2D eigenvalue weighted by atomic mass is 9.64. The molecule has 1 heterocycles. The Labute approximate surface area is 172 Å². The van der Waals surface area contributed by atoms with Crippen LogP contribution in [0.15, 0.2) is 48.0 Å². The van der Waals surface area contributed by atoms with Gasteiger partial charge in [-0.1, -0.05) is 19.1 Å². The Kier molecular flexibility index (Phi) is 4.91. The van der Waals surface area contributed by atoms with Crippen LogP contribution in [0.4, 0.5) is 13.2 Å². The van der Waals surface area contributed by atoms with Crippen LogP contribution in [-0.2, 0) is 19.1 Å². The summed E-state index contributed by atoms with van der Waals surface area (Å²) in [5.41, 5.74) is -5.06. The Balaban J connectivity index is 1.73. The summed E-state index contributed by atoms with van der Waals surface area (Å²) < 4.78 is 66.7. The molecule has 0 amide bonds. The number of allylic oxidation sites excluding steroid dienone is 2. The first-order valence-electron chi connectivity index (χ1n) is 9.59. The van der Waals surface area contributed by atoms with Gasteiger partial charge in [-0.15, -0.1) is 0 Å². The summed E-state index contributed by atoms with van der Waals surface area (Å²) >= 11 is 0. The van der Waals surface area contributed by atoms with Crippen LogP contribution in [-0.4, -0.2) is 25.2 Å². The summed E-state index contributed by atoms with van der Waals surface area (Å²) in [6, 6.07) is 7.88. The number of benzene rings is 1. The molecule has 3 atom stereocenters. The molecule has 0 saturated heterocycles. The summed E-state index contributed by atoms with van der Waals surface area (Å²) in [6.45, 7) is 1.94. The zero-order chi connectivity index (χ0) is 21.7. The number of rotatable bonds is 4. The summed E-state index contributed by atoms with van der Waals surface area (Å²) in [5, 5.41) is 1.98. The molecule has 160 valence electrons. The highest BCUT2D eigenvalue weighted by atomic mass is 32.2. The highest BCUT2D eigenvalue weighted by Gasteiger charge is 2.55. The molecule has 1 aromatic heterocycles. The SMILES string of the molecule is C[C@]12CCC(C=O)=C(OS(=O)(=O)C(F)(F)F)[C@@H]1CC[C@@H]2c1ccc2ccncc2c1. The number of hydrogen-bond donors (Lipinski definition) is 0. The fourth-order valence-corrected chi connectivity index (χ4v) is 5.58. The fraction of sp³-hybridized carbons (Fsp3) is 0.429. The number of aromatic nitrogens is 1. The normalized spacial score (nSPS) is 27.2. The van der Waals surface area contributed by atoms with Crippen molar-refractivity contribution in [2.75, 3.05) is 0 Å². The minimum atomic E-state index is -5.84. The van der Waals surface area contributed by atoms with E-state index < -0.39 is 27.0 Å². The largest absolute Gasteiger partial charge is 0.534 e. The maximum Gasteiger partial charge on any atom is 0.534 e. The van der Waals surface area contributed by atoms with E-state index >= 15 is 0 Å². The van der Waals surface area contributed by atoms with Crippen molar-refractivity contribution in [3.8, 4) is 0 Å². The zero-order valence-corrected chi connectivity index (χ0v) is 17.0. The van der Waals surface area contributed by atoms with E-state index in [1.165, 1.54) is 0 Å². The van der Waals surface area contributed by atoms with Gasteiger partial charge in [0.25, 0.3) is 0 Å². The van der Waals surface area contributed by atoms with Gasteiger partial charge in [-0.2, -0.15) is 21.6 Å². The quantitative estimate of drug-likeness (QED) is 0.387. The lowest BCUT2D eigenvalue weighted by Crippen LogP contribution is -2.36.